The molecule has 0 radical (unpaired) electrons. The zero-order chi connectivity index (χ0) is 15.6. The van der Waals surface area contributed by atoms with Crippen LogP contribution in [0.25, 0.3) is 0 Å². The number of nitrogens with two attached hydrogens (primary N) is 1. The van der Waals surface area contributed by atoms with E-state index in [0.29, 0.717) is 0 Å². The number of anilines is 2. The smallest absolute Gasteiger partial charge is 0.267 e. The molecule has 2 aromatic rings. The Hall–Kier alpha value is -3.04. The average molecular weight is 302 g/mol. The van der Waals surface area contributed by atoms with Crippen molar-refractivity contribution in [2.24, 2.45) is 7.05 Å². The van der Waals surface area contributed by atoms with Crippen LogP contribution in [-0.2, 0) is 17.1 Å². The molecule has 2 rings (SSSR count). The highest BCUT2D eigenvalue weighted by atomic mass is 32.2. The Balaban J connectivity index is 2.41. The van der Waals surface area contributed by atoms with E-state index in [1.54, 1.807) is 7.05 Å². The van der Waals surface area contributed by atoms with Crippen LogP contribution in [0.1, 0.15) is 11.1 Å². The van der Waals surface area contributed by atoms with Crippen molar-refractivity contribution in [2.45, 2.75) is 4.90 Å². The van der Waals surface area contributed by atoms with Gasteiger partial charge in [0.05, 0.1) is 16.8 Å². The van der Waals surface area contributed by atoms with Gasteiger partial charge in [-0.15, -0.1) is 0 Å². The van der Waals surface area contributed by atoms with E-state index < -0.39 is 10.0 Å². The number of hydrogen-bond acceptors (Lipinski definition) is 6. The van der Waals surface area contributed by atoms with Gasteiger partial charge in [0, 0.05) is 13.2 Å². The van der Waals surface area contributed by atoms with Gasteiger partial charge in [-0.1, -0.05) is 0 Å². The summed E-state index contributed by atoms with van der Waals surface area (Å²) in [7, 11) is -2.37. The minimum atomic E-state index is -3.92. The predicted molar refractivity (Wildman–Crippen MR) is 74.3 cm³/mol. The molecule has 0 aliphatic carbocycles. The molecule has 21 heavy (non-hydrogen) atoms. The summed E-state index contributed by atoms with van der Waals surface area (Å²) in [5.74, 6) is -0.126. The molecule has 3 N–H and O–H groups in total. The van der Waals surface area contributed by atoms with E-state index in [0.717, 1.165) is 0 Å². The monoisotopic (exact) mass is 302 g/mol. The minimum absolute atomic E-state index is 0.0804. The van der Waals surface area contributed by atoms with Crippen LogP contribution in [0.3, 0.4) is 0 Å². The molecule has 106 valence electrons. The Morgan fingerprint density at radius 2 is 1.95 bits per heavy atom. The van der Waals surface area contributed by atoms with E-state index >= 15 is 0 Å². The Kier molecular flexibility index (Phi) is 3.52. The van der Waals surface area contributed by atoms with Crippen molar-refractivity contribution in [2.75, 3.05) is 10.5 Å². The lowest BCUT2D eigenvalue weighted by molar-refractivity contribution is 0.601. The van der Waals surface area contributed by atoms with Crippen LogP contribution in [0.2, 0.25) is 0 Å². The standard InChI is InChI=1S/C12H10N6O2S/c1-18-7-11(12(15)16-18)21(19,20)17-10-3-2-8(5-13)9(4-10)6-14/h2-4,7,17H,1H3,(H2,15,16). The maximum absolute atomic E-state index is 12.2. The number of nitrogens with one attached hydrogen (secondary N) is 1. The summed E-state index contributed by atoms with van der Waals surface area (Å²) >= 11 is 0. The first-order chi connectivity index (χ1) is 9.87. The molecule has 0 amide bonds. The fraction of sp³-hybridized carbons (Fsp3) is 0.0833. The van der Waals surface area contributed by atoms with E-state index in [2.05, 4.69) is 9.82 Å². The minimum Gasteiger partial charge on any atom is -0.381 e. The molecule has 0 saturated carbocycles. The highest BCUT2D eigenvalue weighted by Gasteiger charge is 2.21. The first-order valence-corrected chi connectivity index (χ1v) is 7.12. The lowest BCUT2D eigenvalue weighted by Crippen LogP contribution is -2.14. The number of nitrogens with zero attached hydrogens (tertiary/aromatic N) is 4. The van der Waals surface area contributed by atoms with Gasteiger partial charge < -0.3 is 5.73 Å². The zero-order valence-electron chi connectivity index (χ0n) is 10.9. The lowest BCUT2D eigenvalue weighted by atomic mass is 10.1. The molecule has 0 fully saturated rings. The number of benzene rings is 1. The SMILES string of the molecule is Cn1cc(S(=O)(=O)Nc2ccc(C#N)c(C#N)c2)c(N)n1. The highest BCUT2D eigenvalue weighted by molar-refractivity contribution is 7.92. The van der Waals surface area contributed by atoms with Crippen molar-refractivity contribution >= 4 is 21.5 Å². The van der Waals surface area contributed by atoms with Crippen molar-refractivity contribution in [3.05, 3.63) is 35.5 Å². The molecule has 0 saturated heterocycles. The van der Waals surface area contributed by atoms with Gasteiger partial charge in [-0.25, -0.2) is 8.42 Å². The van der Waals surface area contributed by atoms with Gasteiger partial charge in [0.15, 0.2) is 5.82 Å². The molecule has 8 nitrogen and oxygen atoms in total. The van der Waals surface area contributed by atoms with Gasteiger partial charge in [-0.3, -0.25) is 9.40 Å². The number of aromatic nitrogens is 2. The van der Waals surface area contributed by atoms with Crippen molar-refractivity contribution in [1.82, 2.24) is 9.78 Å². The number of sulfonamides is 1. The quantitative estimate of drug-likeness (QED) is 0.849. The second kappa shape index (κ2) is 5.15. The second-order valence-corrected chi connectivity index (χ2v) is 5.79. The maximum atomic E-state index is 12.2. The molecule has 1 aromatic heterocycles. The Labute approximate surface area is 121 Å². The molecule has 1 aromatic carbocycles. The van der Waals surface area contributed by atoms with E-state index in [4.69, 9.17) is 16.3 Å². The summed E-state index contributed by atoms with van der Waals surface area (Å²) in [6.45, 7) is 0. The first-order valence-electron chi connectivity index (χ1n) is 5.63. The van der Waals surface area contributed by atoms with Gasteiger partial charge in [0.2, 0.25) is 0 Å². The normalized spacial score (nSPS) is 10.6. The third-order valence-corrected chi connectivity index (χ3v) is 4.02. The number of nitriles is 2. The third-order valence-electron chi connectivity index (χ3n) is 2.62. The molecule has 1 heterocycles. The fourth-order valence-electron chi connectivity index (χ4n) is 1.70. The summed E-state index contributed by atoms with van der Waals surface area (Å²) in [6, 6.07) is 7.71. The number of nitrogen functional groups attached to an aromatic ring is 1. The van der Waals surface area contributed by atoms with Crippen molar-refractivity contribution in [3.63, 3.8) is 0 Å². The summed E-state index contributed by atoms with van der Waals surface area (Å²) < 4.78 is 28.0. The van der Waals surface area contributed by atoms with E-state index in [1.165, 1.54) is 29.1 Å². The van der Waals surface area contributed by atoms with Crippen LogP contribution >= 0.6 is 0 Å². The number of aryl methyl sites for hydroxylation is 1. The second-order valence-electron chi connectivity index (χ2n) is 4.14. The Morgan fingerprint density at radius 1 is 1.29 bits per heavy atom. The molecule has 0 unspecified atom stereocenters. The average Bonchev–Trinajstić information content (AvgIpc) is 2.78. The summed E-state index contributed by atoms with van der Waals surface area (Å²) in [5.41, 5.74) is 5.95. The summed E-state index contributed by atoms with van der Waals surface area (Å²) in [6.07, 6.45) is 1.27. The van der Waals surface area contributed by atoms with Crippen LogP contribution in [0.5, 0.6) is 0 Å². The van der Waals surface area contributed by atoms with Crippen LogP contribution in [-0.4, -0.2) is 18.2 Å². The Bertz CT molecular complexity index is 885. The fourth-order valence-corrected chi connectivity index (χ4v) is 2.85. The number of hydrogen-bond donors (Lipinski definition) is 2. The third kappa shape index (κ3) is 2.78. The number of rotatable bonds is 3. The molecular weight excluding hydrogens is 292 g/mol. The highest BCUT2D eigenvalue weighted by Crippen LogP contribution is 2.21. The lowest BCUT2D eigenvalue weighted by Gasteiger charge is -2.07. The van der Waals surface area contributed by atoms with Crippen LogP contribution in [0.4, 0.5) is 11.5 Å². The van der Waals surface area contributed by atoms with Crippen LogP contribution < -0.4 is 10.5 Å². The molecule has 0 spiro atoms. The van der Waals surface area contributed by atoms with Crippen molar-refractivity contribution in [3.8, 4) is 12.1 Å². The van der Waals surface area contributed by atoms with E-state index in [1.807, 2.05) is 12.1 Å². The van der Waals surface area contributed by atoms with Crippen molar-refractivity contribution in [1.29, 1.82) is 10.5 Å². The Morgan fingerprint density at radius 3 is 2.48 bits per heavy atom. The van der Waals surface area contributed by atoms with Crippen molar-refractivity contribution < 1.29 is 8.42 Å². The molecular formula is C12H10N6O2S. The molecule has 0 bridgehead atoms. The summed E-state index contributed by atoms with van der Waals surface area (Å²) in [4.78, 5) is -0.159. The summed E-state index contributed by atoms with van der Waals surface area (Å²) in [5, 5.41) is 21.5. The predicted octanol–water partition coefficient (Wildman–Crippen LogP) is 0.546. The van der Waals surface area contributed by atoms with Gasteiger partial charge in [-0.05, 0) is 18.2 Å². The molecule has 0 aliphatic rings. The topological polar surface area (TPSA) is 138 Å². The van der Waals surface area contributed by atoms with Gasteiger partial charge >= 0.3 is 0 Å². The van der Waals surface area contributed by atoms with Crippen LogP contribution in [0, 0.1) is 22.7 Å². The van der Waals surface area contributed by atoms with Gasteiger partial charge in [-0.2, -0.15) is 15.6 Å². The molecule has 0 aliphatic heterocycles. The van der Waals surface area contributed by atoms with Crippen LogP contribution in [0.15, 0.2) is 29.3 Å². The van der Waals surface area contributed by atoms with E-state index in [9.17, 15) is 8.42 Å². The first kappa shape index (κ1) is 14.4. The molecule has 9 heteroatoms. The van der Waals surface area contributed by atoms with Gasteiger partial charge in [0.25, 0.3) is 10.0 Å². The molecule has 0 atom stereocenters. The van der Waals surface area contributed by atoms with Gasteiger partial charge in [0.1, 0.15) is 17.0 Å². The largest absolute Gasteiger partial charge is 0.381 e. The van der Waals surface area contributed by atoms with E-state index in [-0.39, 0.29) is 27.5 Å². The zero-order valence-corrected chi connectivity index (χ0v) is 11.7. The maximum Gasteiger partial charge on any atom is 0.267 e.